The average molecular weight is 605 g/mol. The summed E-state index contributed by atoms with van der Waals surface area (Å²) >= 11 is 15.7. The first-order chi connectivity index (χ1) is 17.8. The van der Waals surface area contributed by atoms with Crippen molar-refractivity contribution in [3.63, 3.8) is 0 Å². The number of piperazine rings is 1. The van der Waals surface area contributed by atoms with Crippen molar-refractivity contribution in [3.05, 3.63) is 97.9 Å². The van der Waals surface area contributed by atoms with E-state index < -0.39 is 11.8 Å². The van der Waals surface area contributed by atoms with Crippen molar-refractivity contribution in [2.24, 2.45) is 0 Å². The highest BCUT2D eigenvalue weighted by Crippen LogP contribution is 2.31. The summed E-state index contributed by atoms with van der Waals surface area (Å²) in [5, 5.41) is 1.36. The number of nitrogens with zero attached hydrogens (tertiary/aromatic N) is 3. The fourth-order valence-electron chi connectivity index (χ4n) is 4.58. The minimum Gasteiger partial charge on any atom is -0.496 e. The summed E-state index contributed by atoms with van der Waals surface area (Å²) in [7, 11) is 3.22. The van der Waals surface area contributed by atoms with Crippen LogP contribution < -0.4 is 4.74 Å². The highest BCUT2D eigenvalue weighted by Gasteiger charge is 2.32. The Morgan fingerprint density at radius 2 is 1.46 bits per heavy atom. The Bertz CT molecular complexity index is 1200. The maximum absolute atomic E-state index is 13.1. The second-order valence-electron chi connectivity index (χ2n) is 8.95. The van der Waals surface area contributed by atoms with Gasteiger partial charge in [-0.2, -0.15) is 0 Å². The number of amides is 2. The van der Waals surface area contributed by atoms with Gasteiger partial charge in [-0.05, 0) is 53.6 Å². The molecular weight excluding hydrogens is 577 g/mol. The van der Waals surface area contributed by atoms with Gasteiger partial charge in [0.15, 0.2) is 0 Å². The Labute approximate surface area is 235 Å². The van der Waals surface area contributed by atoms with Crippen LogP contribution in [0, 0.1) is 0 Å². The van der Waals surface area contributed by atoms with Crippen LogP contribution in [0.1, 0.15) is 22.7 Å². The molecule has 0 N–H and O–H groups in total. The summed E-state index contributed by atoms with van der Waals surface area (Å²) in [6, 6.07) is 21.2. The number of benzene rings is 3. The number of rotatable bonds is 6. The normalized spacial score (nSPS) is 14.1. The van der Waals surface area contributed by atoms with Crippen LogP contribution in [-0.4, -0.2) is 66.9 Å². The van der Waals surface area contributed by atoms with Crippen LogP contribution in [0.3, 0.4) is 0 Å². The van der Waals surface area contributed by atoms with E-state index in [1.54, 1.807) is 19.1 Å². The molecule has 0 aliphatic carbocycles. The van der Waals surface area contributed by atoms with E-state index in [1.807, 2.05) is 66.7 Å². The lowest BCUT2D eigenvalue weighted by molar-refractivity contribution is -0.152. The predicted molar refractivity (Wildman–Crippen MR) is 150 cm³/mol. The third-order valence-electron chi connectivity index (χ3n) is 6.52. The van der Waals surface area contributed by atoms with Crippen molar-refractivity contribution in [2.45, 2.75) is 12.6 Å². The zero-order valence-corrected chi connectivity index (χ0v) is 23.8. The Kier molecular flexibility index (Phi) is 9.13. The van der Waals surface area contributed by atoms with Gasteiger partial charge in [0, 0.05) is 59.9 Å². The number of hydrogen-bond acceptors (Lipinski definition) is 4. The van der Waals surface area contributed by atoms with Gasteiger partial charge in [-0.3, -0.25) is 14.5 Å². The van der Waals surface area contributed by atoms with Crippen molar-refractivity contribution < 1.29 is 14.3 Å². The highest BCUT2D eigenvalue weighted by atomic mass is 79.9. The van der Waals surface area contributed by atoms with E-state index >= 15 is 0 Å². The van der Waals surface area contributed by atoms with Gasteiger partial charge in [0.1, 0.15) is 5.75 Å². The molecule has 37 heavy (non-hydrogen) atoms. The molecule has 0 spiro atoms. The number of methoxy groups -OCH3 is 1. The molecule has 1 aliphatic heterocycles. The molecule has 1 saturated heterocycles. The molecule has 0 atom stereocenters. The van der Waals surface area contributed by atoms with Crippen molar-refractivity contribution >= 4 is 50.9 Å². The molecule has 0 unspecified atom stereocenters. The standard InChI is InChI=1S/C28H28BrCl2N3O3/c1-32(18-21-17-22(29)7-12-25(21)37-2)27(35)28(36)34-15-13-33(14-16-34)26(19-3-8-23(30)9-4-19)20-5-10-24(31)11-6-20/h3-12,17,26H,13-16,18H2,1-2H3. The fourth-order valence-corrected chi connectivity index (χ4v) is 5.24. The Morgan fingerprint density at radius 1 is 0.919 bits per heavy atom. The Morgan fingerprint density at radius 3 is 1.97 bits per heavy atom. The van der Waals surface area contributed by atoms with Crippen molar-refractivity contribution in [3.8, 4) is 5.75 Å². The number of hydrogen-bond donors (Lipinski definition) is 0. The van der Waals surface area contributed by atoms with Crippen LogP contribution in [0.5, 0.6) is 5.75 Å². The number of halogens is 3. The molecule has 9 heteroatoms. The van der Waals surface area contributed by atoms with E-state index in [0.29, 0.717) is 42.0 Å². The number of ether oxygens (including phenoxy) is 1. The summed E-state index contributed by atoms with van der Waals surface area (Å²) in [5.41, 5.74) is 3.02. The monoisotopic (exact) mass is 603 g/mol. The summed E-state index contributed by atoms with van der Waals surface area (Å²) in [4.78, 5) is 31.5. The zero-order chi connectivity index (χ0) is 26.5. The van der Waals surface area contributed by atoms with E-state index in [9.17, 15) is 9.59 Å². The maximum Gasteiger partial charge on any atom is 0.312 e. The topological polar surface area (TPSA) is 53.1 Å². The van der Waals surface area contributed by atoms with Crippen molar-refractivity contribution in [1.82, 2.24) is 14.7 Å². The first kappa shape index (κ1) is 27.5. The van der Waals surface area contributed by atoms with Gasteiger partial charge in [-0.15, -0.1) is 0 Å². The van der Waals surface area contributed by atoms with Gasteiger partial charge < -0.3 is 14.5 Å². The van der Waals surface area contributed by atoms with E-state index in [2.05, 4.69) is 20.8 Å². The molecule has 194 valence electrons. The molecule has 3 aromatic rings. The summed E-state index contributed by atoms with van der Waals surface area (Å²) in [6.45, 7) is 2.42. The highest BCUT2D eigenvalue weighted by molar-refractivity contribution is 9.10. The molecule has 6 nitrogen and oxygen atoms in total. The van der Waals surface area contributed by atoms with Crippen molar-refractivity contribution in [1.29, 1.82) is 0 Å². The predicted octanol–water partition coefficient (Wildman–Crippen LogP) is 5.66. The van der Waals surface area contributed by atoms with E-state index in [1.165, 1.54) is 4.90 Å². The Balaban J connectivity index is 1.44. The van der Waals surface area contributed by atoms with Gasteiger partial charge in [-0.1, -0.05) is 63.4 Å². The van der Waals surface area contributed by atoms with Gasteiger partial charge in [0.25, 0.3) is 0 Å². The first-order valence-electron chi connectivity index (χ1n) is 11.9. The SMILES string of the molecule is COc1ccc(Br)cc1CN(C)C(=O)C(=O)N1CCN(C(c2ccc(Cl)cc2)c2ccc(Cl)cc2)CC1. The summed E-state index contributed by atoms with van der Waals surface area (Å²) in [5.74, 6) is -0.368. The number of carbonyl (C=O) groups is 2. The lowest BCUT2D eigenvalue weighted by Crippen LogP contribution is -2.53. The van der Waals surface area contributed by atoms with Gasteiger partial charge in [-0.25, -0.2) is 0 Å². The lowest BCUT2D eigenvalue weighted by Gasteiger charge is -2.39. The van der Waals surface area contributed by atoms with Crippen LogP contribution in [0.15, 0.2) is 71.2 Å². The molecule has 0 saturated carbocycles. The second kappa shape index (κ2) is 12.3. The molecule has 1 aliphatic rings. The molecule has 0 bridgehead atoms. The lowest BCUT2D eigenvalue weighted by atomic mass is 9.96. The number of likely N-dealkylation sites (N-methyl/N-ethyl adjacent to an activating group) is 1. The number of carbonyl (C=O) groups excluding carboxylic acids is 2. The molecule has 0 radical (unpaired) electrons. The van der Waals surface area contributed by atoms with E-state index in [-0.39, 0.29) is 12.6 Å². The molecule has 2 amide bonds. The molecule has 3 aromatic carbocycles. The van der Waals surface area contributed by atoms with Crippen LogP contribution in [0.25, 0.3) is 0 Å². The molecule has 1 heterocycles. The molecular formula is C28H28BrCl2N3O3. The first-order valence-corrected chi connectivity index (χ1v) is 13.4. The Hall–Kier alpha value is -2.58. The summed E-state index contributed by atoms with van der Waals surface area (Å²) < 4.78 is 6.28. The van der Waals surface area contributed by atoms with Gasteiger partial charge in [0.2, 0.25) is 0 Å². The van der Waals surface area contributed by atoms with E-state index in [0.717, 1.165) is 21.2 Å². The molecule has 0 aromatic heterocycles. The third kappa shape index (κ3) is 6.65. The minimum atomic E-state index is -0.539. The summed E-state index contributed by atoms with van der Waals surface area (Å²) in [6.07, 6.45) is 0. The fraction of sp³-hybridized carbons (Fsp3) is 0.286. The van der Waals surface area contributed by atoms with Crippen LogP contribution in [-0.2, 0) is 16.1 Å². The minimum absolute atomic E-state index is 0.0193. The quantitative estimate of drug-likeness (QED) is 0.341. The van der Waals surface area contributed by atoms with E-state index in [4.69, 9.17) is 27.9 Å². The maximum atomic E-state index is 13.1. The van der Waals surface area contributed by atoms with Crippen LogP contribution in [0.2, 0.25) is 10.0 Å². The van der Waals surface area contributed by atoms with Crippen molar-refractivity contribution in [2.75, 3.05) is 40.3 Å². The van der Waals surface area contributed by atoms with Gasteiger partial charge >= 0.3 is 11.8 Å². The second-order valence-corrected chi connectivity index (χ2v) is 10.7. The third-order valence-corrected chi connectivity index (χ3v) is 7.51. The smallest absolute Gasteiger partial charge is 0.312 e. The zero-order valence-electron chi connectivity index (χ0n) is 20.7. The average Bonchev–Trinajstić information content (AvgIpc) is 2.90. The van der Waals surface area contributed by atoms with Gasteiger partial charge in [0.05, 0.1) is 13.2 Å². The largest absolute Gasteiger partial charge is 0.496 e. The molecule has 1 fully saturated rings. The van der Waals surface area contributed by atoms with Crippen LogP contribution in [0.4, 0.5) is 0 Å². The van der Waals surface area contributed by atoms with Crippen LogP contribution >= 0.6 is 39.1 Å². The molecule has 4 rings (SSSR count).